The van der Waals surface area contributed by atoms with Crippen molar-refractivity contribution in [1.29, 1.82) is 5.26 Å². The SMILES string of the molecule is Cc1sc(NC(=O)c2c(F)cccc2F)c(C#N)c1C. The van der Waals surface area contributed by atoms with E-state index in [0.717, 1.165) is 22.6 Å². The Balaban J connectivity index is 2.39. The van der Waals surface area contributed by atoms with Gasteiger partial charge in [-0.3, -0.25) is 4.79 Å². The van der Waals surface area contributed by atoms with Crippen molar-refractivity contribution in [2.75, 3.05) is 5.32 Å². The summed E-state index contributed by atoms with van der Waals surface area (Å²) in [6.07, 6.45) is 0. The van der Waals surface area contributed by atoms with Crippen LogP contribution in [0.2, 0.25) is 0 Å². The quantitative estimate of drug-likeness (QED) is 0.916. The van der Waals surface area contributed by atoms with E-state index in [1.165, 1.54) is 17.4 Å². The number of aryl methyl sites for hydroxylation is 1. The smallest absolute Gasteiger partial charge is 0.262 e. The molecule has 1 aromatic carbocycles. The average Bonchev–Trinajstić information content (AvgIpc) is 2.64. The van der Waals surface area contributed by atoms with E-state index < -0.39 is 23.1 Å². The Bertz CT molecular complexity index is 711. The molecule has 20 heavy (non-hydrogen) atoms. The Morgan fingerprint density at radius 2 is 1.90 bits per heavy atom. The summed E-state index contributed by atoms with van der Waals surface area (Å²) in [5, 5.41) is 11.8. The van der Waals surface area contributed by atoms with E-state index in [1.807, 2.05) is 6.07 Å². The summed E-state index contributed by atoms with van der Waals surface area (Å²) in [6, 6.07) is 5.18. The van der Waals surface area contributed by atoms with Gasteiger partial charge in [-0.25, -0.2) is 8.78 Å². The van der Waals surface area contributed by atoms with Gasteiger partial charge in [0.15, 0.2) is 0 Å². The van der Waals surface area contributed by atoms with E-state index in [0.29, 0.717) is 10.6 Å². The minimum Gasteiger partial charge on any atom is -0.312 e. The van der Waals surface area contributed by atoms with Crippen molar-refractivity contribution in [1.82, 2.24) is 0 Å². The molecular formula is C14H10F2N2OS. The first kappa shape index (κ1) is 14.2. The van der Waals surface area contributed by atoms with Gasteiger partial charge in [0.25, 0.3) is 5.91 Å². The fourth-order valence-corrected chi connectivity index (χ4v) is 2.74. The fourth-order valence-electron chi connectivity index (χ4n) is 1.73. The number of anilines is 1. The second kappa shape index (κ2) is 5.39. The van der Waals surface area contributed by atoms with Crippen LogP contribution >= 0.6 is 11.3 Å². The summed E-state index contributed by atoms with van der Waals surface area (Å²) in [4.78, 5) is 12.8. The number of hydrogen-bond donors (Lipinski definition) is 1. The van der Waals surface area contributed by atoms with Crippen molar-refractivity contribution in [3.8, 4) is 6.07 Å². The van der Waals surface area contributed by atoms with Crippen LogP contribution < -0.4 is 5.32 Å². The number of nitriles is 1. The molecule has 1 heterocycles. The van der Waals surface area contributed by atoms with Gasteiger partial charge in [0.1, 0.15) is 28.3 Å². The Hall–Kier alpha value is -2.26. The molecule has 0 unspecified atom stereocenters. The van der Waals surface area contributed by atoms with E-state index in [2.05, 4.69) is 5.32 Å². The van der Waals surface area contributed by atoms with Crippen molar-refractivity contribution in [3.63, 3.8) is 0 Å². The highest BCUT2D eigenvalue weighted by Gasteiger charge is 2.20. The third-order valence-electron chi connectivity index (χ3n) is 2.91. The van der Waals surface area contributed by atoms with Gasteiger partial charge in [-0.2, -0.15) is 5.26 Å². The Morgan fingerprint density at radius 3 is 2.45 bits per heavy atom. The zero-order valence-corrected chi connectivity index (χ0v) is 11.6. The normalized spacial score (nSPS) is 10.2. The standard InChI is InChI=1S/C14H10F2N2OS/c1-7-8(2)20-14(9(7)6-17)18-13(19)12-10(15)4-3-5-11(12)16/h3-5H,1-2H3,(H,18,19). The fraction of sp³-hybridized carbons (Fsp3) is 0.143. The summed E-state index contributed by atoms with van der Waals surface area (Å²) < 4.78 is 27.0. The maximum Gasteiger partial charge on any atom is 0.262 e. The molecule has 0 aliphatic rings. The van der Waals surface area contributed by atoms with E-state index in [1.54, 1.807) is 13.8 Å². The first-order valence-corrected chi connectivity index (χ1v) is 6.52. The number of amides is 1. The molecule has 0 radical (unpaired) electrons. The average molecular weight is 292 g/mol. The highest BCUT2D eigenvalue weighted by Crippen LogP contribution is 2.32. The molecule has 2 rings (SSSR count). The zero-order valence-electron chi connectivity index (χ0n) is 10.8. The molecule has 0 saturated carbocycles. The van der Waals surface area contributed by atoms with Crippen molar-refractivity contribution in [2.24, 2.45) is 0 Å². The third-order valence-corrected chi connectivity index (χ3v) is 4.04. The van der Waals surface area contributed by atoms with Gasteiger partial charge in [0.2, 0.25) is 0 Å². The Morgan fingerprint density at radius 1 is 1.30 bits per heavy atom. The molecule has 102 valence electrons. The number of hydrogen-bond acceptors (Lipinski definition) is 3. The lowest BCUT2D eigenvalue weighted by atomic mass is 10.1. The maximum atomic E-state index is 13.5. The molecule has 1 aromatic heterocycles. The van der Waals surface area contributed by atoms with Crippen LogP contribution in [0.5, 0.6) is 0 Å². The van der Waals surface area contributed by atoms with E-state index in [4.69, 9.17) is 5.26 Å². The topological polar surface area (TPSA) is 52.9 Å². The van der Waals surface area contributed by atoms with Crippen LogP contribution in [0.3, 0.4) is 0 Å². The predicted octanol–water partition coefficient (Wildman–Crippen LogP) is 3.77. The van der Waals surface area contributed by atoms with Crippen molar-refractivity contribution in [2.45, 2.75) is 13.8 Å². The molecular weight excluding hydrogens is 282 g/mol. The summed E-state index contributed by atoms with van der Waals surface area (Å²) in [6.45, 7) is 3.56. The number of benzene rings is 1. The van der Waals surface area contributed by atoms with Crippen molar-refractivity contribution in [3.05, 3.63) is 51.4 Å². The van der Waals surface area contributed by atoms with Crippen LogP contribution in [0, 0.1) is 36.8 Å². The van der Waals surface area contributed by atoms with Gasteiger partial charge >= 0.3 is 0 Å². The van der Waals surface area contributed by atoms with Crippen LogP contribution in [0.15, 0.2) is 18.2 Å². The lowest BCUT2D eigenvalue weighted by molar-refractivity contribution is 0.101. The first-order valence-electron chi connectivity index (χ1n) is 5.71. The minimum absolute atomic E-state index is 0.301. The van der Waals surface area contributed by atoms with Crippen molar-refractivity contribution < 1.29 is 13.6 Å². The van der Waals surface area contributed by atoms with Gasteiger partial charge in [-0.05, 0) is 31.5 Å². The molecule has 0 atom stereocenters. The number of halogens is 2. The molecule has 1 N–H and O–H groups in total. The van der Waals surface area contributed by atoms with Crippen LogP contribution in [-0.4, -0.2) is 5.91 Å². The highest BCUT2D eigenvalue weighted by molar-refractivity contribution is 7.16. The Labute approximate surface area is 118 Å². The molecule has 0 aliphatic heterocycles. The summed E-state index contributed by atoms with van der Waals surface area (Å²) >= 11 is 1.20. The van der Waals surface area contributed by atoms with Crippen LogP contribution in [0.1, 0.15) is 26.4 Å². The van der Waals surface area contributed by atoms with E-state index >= 15 is 0 Å². The van der Waals surface area contributed by atoms with Crippen LogP contribution in [-0.2, 0) is 0 Å². The minimum atomic E-state index is -0.939. The molecule has 0 bridgehead atoms. The lowest BCUT2D eigenvalue weighted by Crippen LogP contribution is -2.15. The molecule has 0 fully saturated rings. The van der Waals surface area contributed by atoms with Crippen molar-refractivity contribution >= 4 is 22.2 Å². The van der Waals surface area contributed by atoms with E-state index in [-0.39, 0.29) is 0 Å². The Kier molecular flexibility index (Phi) is 3.81. The number of rotatable bonds is 2. The molecule has 0 saturated heterocycles. The molecule has 6 heteroatoms. The van der Waals surface area contributed by atoms with Gasteiger partial charge in [0, 0.05) is 4.88 Å². The number of carbonyl (C=O) groups is 1. The largest absolute Gasteiger partial charge is 0.312 e. The second-order valence-corrected chi connectivity index (χ2v) is 5.37. The second-order valence-electron chi connectivity index (χ2n) is 4.15. The first-order chi connectivity index (χ1) is 9.45. The maximum absolute atomic E-state index is 13.5. The predicted molar refractivity (Wildman–Crippen MR) is 72.8 cm³/mol. The van der Waals surface area contributed by atoms with Gasteiger partial charge in [-0.15, -0.1) is 11.3 Å². The molecule has 0 spiro atoms. The van der Waals surface area contributed by atoms with E-state index in [9.17, 15) is 13.6 Å². The number of thiophene rings is 1. The highest BCUT2D eigenvalue weighted by atomic mass is 32.1. The monoisotopic (exact) mass is 292 g/mol. The number of nitrogens with one attached hydrogen (secondary N) is 1. The number of carbonyl (C=O) groups excluding carboxylic acids is 1. The molecule has 1 amide bonds. The van der Waals surface area contributed by atoms with Gasteiger partial charge < -0.3 is 5.32 Å². The third kappa shape index (κ3) is 2.40. The lowest BCUT2D eigenvalue weighted by Gasteiger charge is -2.05. The summed E-state index contributed by atoms with van der Waals surface area (Å²) in [5.74, 6) is -2.78. The van der Waals surface area contributed by atoms with Gasteiger partial charge in [0.05, 0.1) is 5.56 Å². The van der Waals surface area contributed by atoms with Crippen LogP contribution in [0.4, 0.5) is 13.8 Å². The zero-order chi connectivity index (χ0) is 14.9. The molecule has 3 nitrogen and oxygen atoms in total. The number of nitrogens with zero attached hydrogens (tertiary/aromatic N) is 1. The summed E-state index contributed by atoms with van der Waals surface area (Å²) in [7, 11) is 0. The molecule has 2 aromatic rings. The molecule has 0 aliphatic carbocycles. The summed E-state index contributed by atoms with van der Waals surface area (Å²) in [5.41, 5.74) is 0.416. The van der Waals surface area contributed by atoms with Crippen LogP contribution in [0.25, 0.3) is 0 Å². The van der Waals surface area contributed by atoms with Gasteiger partial charge in [-0.1, -0.05) is 6.07 Å².